The van der Waals surface area contributed by atoms with Crippen molar-refractivity contribution in [2.75, 3.05) is 0 Å². The van der Waals surface area contributed by atoms with E-state index in [1.165, 1.54) is 0 Å². The number of rotatable bonds is 2. The number of fused-ring (bicyclic) bond motifs is 4. The molecule has 3 heterocycles. The van der Waals surface area contributed by atoms with Gasteiger partial charge in [0, 0.05) is 11.9 Å². The molecule has 92 valence electrons. The standard InChI is InChI=1S/C13H10N6/c1-2-7-18-10-6-4-3-5-9(10)11-12(18)15-13-16-14-8-19(13)17-11/h2-6,8H,1,7H2. The summed E-state index contributed by atoms with van der Waals surface area (Å²) in [4.78, 5) is 4.54. The maximum Gasteiger partial charge on any atom is 0.273 e. The molecule has 0 aliphatic carbocycles. The molecular weight excluding hydrogens is 240 g/mol. The lowest BCUT2D eigenvalue weighted by Gasteiger charge is -2.01. The highest BCUT2D eigenvalue weighted by atomic mass is 15.4. The third-order valence-corrected chi connectivity index (χ3v) is 3.16. The average Bonchev–Trinajstić information content (AvgIpc) is 3.01. The third kappa shape index (κ3) is 1.31. The van der Waals surface area contributed by atoms with E-state index in [2.05, 4.69) is 37.5 Å². The average molecular weight is 250 g/mol. The molecule has 0 saturated heterocycles. The molecule has 3 aromatic heterocycles. The summed E-state index contributed by atoms with van der Waals surface area (Å²) >= 11 is 0. The minimum Gasteiger partial charge on any atom is -0.320 e. The van der Waals surface area contributed by atoms with Crippen LogP contribution in [0.2, 0.25) is 0 Å². The van der Waals surface area contributed by atoms with Crippen molar-refractivity contribution in [1.82, 2.24) is 29.4 Å². The van der Waals surface area contributed by atoms with Gasteiger partial charge in [-0.25, -0.2) is 0 Å². The van der Waals surface area contributed by atoms with Crippen LogP contribution in [0.3, 0.4) is 0 Å². The van der Waals surface area contributed by atoms with Crippen LogP contribution in [0.1, 0.15) is 0 Å². The van der Waals surface area contributed by atoms with Gasteiger partial charge >= 0.3 is 0 Å². The van der Waals surface area contributed by atoms with Crippen molar-refractivity contribution >= 4 is 27.8 Å². The van der Waals surface area contributed by atoms with Crippen LogP contribution in [-0.4, -0.2) is 29.4 Å². The second-order valence-electron chi connectivity index (χ2n) is 4.28. The molecular formula is C13H10N6. The number of nitrogens with zero attached hydrogens (tertiary/aromatic N) is 6. The summed E-state index contributed by atoms with van der Waals surface area (Å²) in [5.74, 6) is 0.501. The largest absolute Gasteiger partial charge is 0.320 e. The number of benzene rings is 1. The second kappa shape index (κ2) is 3.61. The van der Waals surface area contributed by atoms with Crippen molar-refractivity contribution in [2.24, 2.45) is 0 Å². The Kier molecular flexibility index (Phi) is 1.94. The molecule has 19 heavy (non-hydrogen) atoms. The van der Waals surface area contributed by atoms with Crippen molar-refractivity contribution in [1.29, 1.82) is 0 Å². The summed E-state index contributed by atoms with van der Waals surface area (Å²) in [6.45, 7) is 4.48. The summed E-state index contributed by atoms with van der Waals surface area (Å²) < 4.78 is 3.67. The summed E-state index contributed by atoms with van der Waals surface area (Å²) in [5.41, 5.74) is 2.75. The number of hydrogen-bond acceptors (Lipinski definition) is 4. The molecule has 6 nitrogen and oxygen atoms in total. The zero-order valence-electron chi connectivity index (χ0n) is 10.1. The molecule has 4 rings (SSSR count). The van der Waals surface area contributed by atoms with E-state index in [1.807, 2.05) is 24.3 Å². The van der Waals surface area contributed by atoms with Gasteiger partial charge in [0.2, 0.25) is 0 Å². The zero-order chi connectivity index (χ0) is 12.8. The quantitative estimate of drug-likeness (QED) is 0.509. The Bertz CT molecular complexity index is 917. The van der Waals surface area contributed by atoms with Crippen molar-refractivity contribution in [3.8, 4) is 0 Å². The molecule has 1 aromatic carbocycles. The van der Waals surface area contributed by atoms with Gasteiger partial charge in [0.15, 0.2) is 5.65 Å². The van der Waals surface area contributed by atoms with Crippen molar-refractivity contribution < 1.29 is 0 Å². The predicted octanol–water partition coefficient (Wildman–Crippen LogP) is 1.81. The molecule has 0 bridgehead atoms. The van der Waals surface area contributed by atoms with Crippen LogP contribution in [0.25, 0.3) is 27.8 Å². The lowest BCUT2D eigenvalue weighted by atomic mass is 10.2. The Morgan fingerprint density at radius 2 is 2.16 bits per heavy atom. The number of hydrogen-bond donors (Lipinski definition) is 0. The van der Waals surface area contributed by atoms with Gasteiger partial charge in [-0.05, 0) is 6.07 Å². The first-order chi connectivity index (χ1) is 9.38. The van der Waals surface area contributed by atoms with E-state index in [4.69, 9.17) is 0 Å². The van der Waals surface area contributed by atoms with Crippen molar-refractivity contribution in [3.63, 3.8) is 0 Å². The highest BCUT2D eigenvalue weighted by Gasteiger charge is 2.13. The molecule has 0 radical (unpaired) electrons. The number of allylic oxidation sites excluding steroid dienone is 1. The molecule has 0 aliphatic rings. The Hall–Kier alpha value is -2.76. The van der Waals surface area contributed by atoms with E-state index >= 15 is 0 Å². The van der Waals surface area contributed by atoms with Gasteiger partial charge in [-0.15, -0.1) is 16.8 Å². The fourth-order valence-electron chi connectivity index (χ4n) is 2.37. The van der Waals surface area contributed by atoms with E-state index in [0.717, 1.165) is 22.1 Å². The van der Waals surface area contributed by atoms with Crippen LogP contribution < -0.4 is 0 Å². The minimum atomic E-state index is 0.501. The Morgan fingerprint density at radius 3 is 3.05 bits per heavy atom. The molecule has 0 aliphatic heterocycles. The van der Waals surface area contributed by atoms with Crippen LogP contribution in [-0.2, 0) is 6.54 Å². The van der Waals surface area contributed by atoms with E-state index in [9.17, 15) is 0 Å². The van der Waals surface area contributed by atoms with Gasteiger partial charge in [0.05, 0.1) is 5.52 Å². The molecule has 0 amide bonds. The molecule has 0 N–H and O–H groups in total. The fraction of sp³-hybridized carbons (Fsp3) is 0.0769. The highest BCUT2D eigenvalue weighted by molar-refractivity contribution is 6.04. The molecule has 0 fully saturated rings. The predicted molar refractivity (Wildman–Crippen MR) is 71.8 cm³/mol. The first-order valence-corrected chi connectivity index (χ1v) is 5.94. The fourth-order valence-corrected chi connectivity index (χ4v) is 2.37. The Balaban J connectivity index is 2.26. The molecule has 0 saturated carbocycles. The maximum atomic E-state index is 4.54. The zero-order valence-corrected chi connectivity index (χ0v) is 10.1. The van der Waals surface area contributed by atoms with Crippen LogP contribution in [0.4, 0.5) is 0 Å². The van der Waals surface area contributed by atoms with Gasteiger partial charge in [-0.3, -0.25) is 0 Å². The van der Waals surface area contributed by atoms with Crippen molar-refractivity contribution in [3.05, 3.63) is 43.2 Å². The summed E-state index contributed by atoms with van der Waals surface area (Å²) in [6.07, 6.45) is 3.41. The SMILES string of the molecule is C=CCn1c2ccccc2c2nn3cnnc3nc21. The lowest BCUT2D eigenvalue weighted by Crippen LogP contribution is -1.99. The van der Waals surface area contributed by atoms with Gasteiger partial charge in [0.25, 0.3) is 5.78 Å². The first kappa shape index (κ1) is 10.2. The van der Waals surface area contributed by atoms with Crippen LogP contribution in [0, 0.1) is 0 Å². The summed E-state index contributed by atoms with van der Waals surface area (Å²) in [6, 6.07) is 8.11. The molecule has 4 aromatic rings. The summed E-state index contributed by atoms with van der Waals surface area (Å²) in [5, 5.41) is 13.4. The van der Waals surface area contributed by atoms with Gasteiger partial charge in [0.1, 0.15) is 11.8 Å². The number of para-hydroxylation sites is 1. The van der Waals surface area contributed by atoms with Crippen LogP contribution in [0.5, 0.6) is 0 Å². The lowest BCUT2D eigenvalue weighted by molar-refractivity contribution is 0.868. The van der Waals surface area contributed by atoms with E-state index in [1.54, 1.807) is 10.8 Å². The maximum absolute atomic E-state index is 4.54. The van der Waals surface area contributed by atoms with Gasteiger partial charge in [-0.1, -0.05) is 24.3 Å². The Labute approximate surface area is 108 Å². The smallest absolute Gasteiger partial charge is 0.273 e. The second-order valence-corrected chi connectivity index (χ2v) is 4.28. The van der Waals surface area contributed by atoms with Crippen LogP contribution >= 0.6 is 0 Å². The van der Waals surface area contributed by atoms with E-state index in [-0.39, 0.29) is 0 Å². The van der Waals surface area contributed by atoms with Crippen LogP contribution in [0.15, 0.2) is 43.2 Å². The van der Waals surface area contributed by atoms with Gasteiger partial charge < -0.3 is 4.57 Å². The van der Waals surface area contributed by atoms with E-state index < -0.39 is 0 Å². The monoisotopic (exact) mass is 250 g/mol. The Morgan fingerprint density at radius 1 is 1.26 bits per heavy atom. The topological polar surface area (TPSA) is 60.9 Å². The highest BCUT2D eigenvalue weighted by Crippen LogP contribution is 2.25. The van der Waals surface area contributed by atoms with E-state index in [0.29, 0.717) is 12.3 Å². The normalized spacial score (nSPS) is 11.6. The molecule has 0 atom stereocenters. The number of aromatic nitrogens is 6. The molecule has 6 heteroatoms. The molecule has 0 spiro atoms. The minimum absolute atomic E-state index is 0.501. The first-order valence-electron chi connectivity index (χ1n) is 5.94. The third-order valence-electron chi connectivity index (χ3n) is 3.16. The molecule has 0 unspecified atom stereocenters. The summed E-state index contributed by atoms with van der Waals surface area (Å²) in [7, 11) is 0. The van der Waals surface area contributed by atoms with Gasteiger partial charge in [-0.2, -0.15) is 14.6 Å². The van der Waals surface area contributed by atoms with Crippen molar-refractivity contribution in [2.45, 2.75) is 6.54 Å².